The van der Waals surface area contributed by atoms with Gasteiger partial charge in [0.05, 0.1) is 12.2 Å². The predicted molar refractivity (Wildman–Crippen MR) is 132 cm³/mol. The molecular weight excluding hydrogens is 392 g/mol. The van der Waals surface area contributed by atoms with Crippen molar-refractivity contribution in [3.8, 4) is 0 Å². The Morgan fingerprint density at radius 2 is 1.47 bits per heavy atom. The number of rotatable bonds is 0. The molecule has 0 aromatic carbocycles. The first-order valence-corrected chi connectivity index (χ1v) is 13.8. The molecule has 4 fully saturated rings. The maximum atomic E-state index is 11.7. The maximum absolute atomic E-state index is 11.7. The molecule has 0 heterocycles. The van der Waals surface area contributed by atoms with Crippen LogP contribution in [0.2, 0.25) is 0 Å². The van der Waals surface area contributed by atoms with Gasteiger partial charge in [-0.25, -0.2) is 0 Å². The summed E-state index contributed by atoms with van der Waals surface area (Å²) in [5.41, 5.74) is 2.37. The fourth-order valence-corrected chi connectivity index (χ4v) is 11.3. The Bertz CT molecular complexity index is 814. The van der Waals surface area contributed by atoms with Crippen LogP contribution in [0.1, 0.15) is 107 Å². The van der Waals surface area contributed by atoms with Crippen molar-refractivity contribution in [2.45, 2.75) is 119 Å². The fourth-order valence-electron chi connectivity index (χ4n) is 11.3. The molecule has 2 N–H and O–H groups in total. The average molecular weight is 443 g/mol. The number of allylic oxidation sites excluding steroid dienone is 2. The van der Waals surface area contributed by atoms with Crippen LogP contribution in [0, 0.1) is 56.7 Å². The minimum absolute atomic E-state index is 0.0104. The average Bonchev–Trinajstić information content (AvgIpc) is 2.70. The summed E-state index contributed by atoms with van der Waals surface area (Å²) in [7, 11) is 0. The Hall–Kier alpha value is -0.340. The van der Waals surface area contributed by atoms with Crippen LogP contribution >= 0.6 is 0 Å². The van der Waals surface area contributed by atoms with E-state index in [0.29, 0.717) is 35.0 Å². The molecule has 182 valence electrons. The van der Waals surface area contributed by atoms with Crippen molar-refractivity contribution in [2.75, 3.05) is 0 Å². The molecule has 32 heavy (non-hydrogen) atoms. The van der Waals surface area contributed by atoms with E-state index in [1.807, 2.05) is 0 Å². The standard InChI is InChI=1S/C30H50O2/c1-18-11-14-28(6)24(32)17-30(8)20(25(28)19(18)2)9-10-22-27(5)15-13-23(31)26(3,4)21(27)12-16-29(22,30)7/h11,19-25,31-32H,9-10,12-17H2,1-8H3. The summed E-state index contributed by atoms with van der Waals surface area (Å²) in [6.45, 7) is 19.7. The van der Waals surface area contributed by atoms with Crippen molar-refractivity contribution in [1.82, 2.24) is 0 Å². The summed E-state index contributed by atoms with van der Waals surface area (Å²) in [5, 5.41) is 22.6. The van der Waals surface area contributed by atoms with Crippen molar-refractivity contribution in [2.24, 2.45) is 56.7 Å². The number of aliphatic hydroxyl groups is 2. The molecule has 0 radical (unpaired) electrons. The first-order chi connectivity index (χ1) is 14.7. The lowest BCUT2D eigenvalue weighted by molar-refractivity contribution is -0.267. The molecule has 5 aliphatic carbocycles. The molecule has 2 heteroatoms. The topological polar surface area (TPSA) is 40.5 Å². The summed E-state index contributed by atoms with van der Waals surface area (Å²) in [5.74, 6) is 3.18. The summed E-state index contributed by atoms with van der Waals surface area (Å²) < 4.78 is 0. The fraction of sp³-hybridized carbons (Fsp3) is 0.933. The lowest BCUT2D eigenvalue weighted by Crippen LogP contribution is -2.69. The molecule has 0 spiro atoms. The molecule has 4 saturated carbocycles. The molecule has 0 aliphatic heterocycles. The molecule has 0 amide bonds. The minimum atomic E-state index is -0.203. The molecule has 0 aromatic rings. The van der Waals surface area contributed by atoms with Crippen molar-refractivity contribution < 1.29 is 10.2 Å². The number of fused-ring (bicyclic) bond motifs is 7. The van der Waals surface area contributed by atoms with E-state index < -0.39 is 0 Å². The van der Waals surface area contributed by atoms with Gasteiger partial charge in [-0.1, -0.05) is 60.1 Å². The molecule has 5 aliphatic rings. The molecule has 5 rings (SSSR count). The van der Waals surface area contributed by atoms with Gasteiger partial charge in [-0.2, -0.15) is 0 Å². The zero-order valence-electron chi connectivity index (χ0n) is 22.2. The normalized spacial score (nSPS) is 59.2. The summed E-state index contributed by atoms with van der Waals surface area (Å²) in [6.07, 6.45) is 11.4. The van der Waals surface area contributed by atoms with Gasteiger partial charge in [0.25, 0.3) is 0 Å². The lowest BCUT2D eigenvalue weighted by atomic mass is 9.31. The van der Waals surface area contributed by atoms with E-state index in [0.717, 1.165) is 19.3 Å². The number of hydrogen-bond donors (Lipinski definition) is 2. The Kier molecular flexibility index (Phi) is 5.02. The molecule has 11 unspecified atom stereocenters. The third kappa shape index (κ3) is 2.61. The third-order valence-corrected chi connectivity index (χ3v) is 13.6. The van der Waals surface area contributed by atoms with Gasteiger partial charge >= 0.3 is 0 Å². The van der Waals surface area contributed by atoms with Gasteiger partial charge in [0, 0.05) is 5.41 Å². The SMILES string of the molecule is CC1=CCC2(C)C(O)CC3(C)C(CCC4C5(C)CCC(O)C(C)(C)C5CCC43C)C2C1C. The molecule has 0 bridgehead atoms. The molecule has 0 saturated heterocycles. The highest BCUT2D eigenvalue weighted by molar-refractivity contribution is 5.24. The van der Waals surface area contributed by atoms with Gasteiger partial charge < -0.3 is 10.2 Å². The van der Waals surface area contributed by atoms with Gasteiger partial charge in [-0.05, 0) is 110 Å². The highest BCUT2D eigenvalue weighted by atomic mass is 16.3. The van der Waals surface area contributed by atoms with Gasteiger partial charge in [0.15, 0.2) is 0 Å². The zero-order valence-corrected chi connectivity index (χ0v) is 22.2. The Balaban J connectivity index is 1.57. The smallest absolute Gasteiger partial charge is 0.0605 e. The lowest BCUT2D eigenvalue weighted by Gasteiger charge is -2.74. The van der Waals surface area contributed by atoms with Crippen molar-refractivity contribution in [3.63, 3.8) is 0 Å². The van der Waals surface area contributed by atoms with Crippen LogP contribution in [-0.4, -0.2) is 22.4 Å². The first-order valence-electron chi connectivity index (χ1n) is 13.8. The molecule has 11 atom stereocenters. The Morgan fingerprint density at radius 1 is 0.781 bits per heavy atom. The van der Waals surface area contributed by atoms with Gasteiger partial charge in [0.1, 0.15) is 0 Å². The number of hydrogen-bond acceptors (Lipinski definition) is 2. The Labute approximate surface area is 197 Å². The van der Waals surface area contributed by atoms with Crippen LogP contribution in [0.4, 0.5) is 0 Å². The second-order valence-corrected chi connectivity index (χ2v) is 14.7. The molecule has 2 nitrogen and oxygen atoms in total. The van der Waals surface area contributed by atoms with E-state index in [1.165, 1.54) is 32.1 Å². The van der Waals surface area contributed by atoms with Crippen molar-refractivity contribution in [3.05, 3.63) is 11.6 Å². The van der Waals surface area contributed by atoms with E-state index in [1.54, 1.807) is 5.57 Å². The third-order valence-electron chi connectivity index (χ3n) is 13.6. The van der Waals surface area contributed by atoms with Crippen LogP contribution in [0.5, 0.6) is 0 Å². The van der Waals surface area contributed by atoms with E-state index in [-0.39, 0.29) is 33.9 Å². The minimum Gasteiger partial charge on any atom is -0.393 e. The maximum Gasteiger partial charge on any atom is 0.0605 e. The van der Waals surface area contributed by atoms with E-state index >= 15 is 0 Å². The van der Waals surface area contributed by atoms with Crippen LogP contribution in [-0.2, 0) is 0 Å². The Morgan fingerprint density at radius 3 is 2.16 bits per heavy atom. The summed E-state index contributed by atoms with van der Waals surface area (Å²) in [4.78, 5) is 0. The second-order valence-electron chi connectivity index (χ2n) is 14.7. The van der Waals surface area contributed by atoms with Crippen molar-refractivity contribution >= 4 is 0 Å². The van der Waals surface area contributed by atoms with Gasteiger partial charge in [0.2, 0.25) is 0 Å². The molecular formula is C30H50O2. The van der Waals surface area contributed by atoms with Crippen LogP contribution in [0.25, 0.3) is 0 Å². The summed E-state index contributed by atoms with van der Waals surface area (Å²) in [6, 6.07) is 0. The first kappa shape index (κ1) is 23.4. The van der Waals surface area contributed by atoms with E-state index in [2.05, 4.69) is 61.5 Å². The predicted octanol–water partition coefficient (Wildman–Crippen LogP) is 7.00. The van der Waals surface area contributed by atoms with Crippen LogP contribution < -0.4 is 0 Å². The monoisotopic (exact) mass is 442 g/mol. The van der Waals surface area contributed by atoms with Crippen LogP contribution in [0.3, 0.4) is 0 Å². The summed E-state index contributed by atoms with van der Waals surface area (Å²) >= 11 is 0. The van der Waals surface area contributed by atoms with Crippen LogP contribution in [0.15, 0.2) is 11.6 Å². The van der Waals surface area contributed by atoms with Crippen molar-refractivity contribution in [1.29, 1.82) is 0 Å². The largest absolute Gasteiger partial charge is 0.393 e. The highest BCUT2D eigenvalue weighted by Crippen LogP contribution is 2.76. The van der Waals surface area contributed by atoms with E-state index in [9.17, 15) is 10.2 Å². The molecule has 0 aromatic heterocycles. The van der Waals surface area contributed by atoms with Gasteiger partial charge in [-0.3, -0.25) is 0 Å². The van der Waals surface area contributed by atoms with Gasteiger partial charge in [-0.15, -0.1) is 0 Å². The highest BCUT2D eigenvalue weighted by Gasteiger charge is 2.70. The van der Waals surface area contributed by atoms with E-state index in [4.69, 9.17) is 0 Å². The second kappa shape index (κ2) is 6.87. The zero-order chi connectivity index (χ0) is 23.5. The number of aliphatic hydroxyl groups excluding tert-OH is 2. The quantitative estimate of drug-likeness (QED) is 0.397.